The van der Waals surface area contributed by atoms with Gasteiger partial charge in [-0.25, -0.2) is 0 Å². The van der Waals surface area contributed by atoms with Gasteiger partial charge >= 0.3 is 0 Å². The van der Waals surface area contributed by atoms with Crippen LogP contribution < -0.4 is 5.43 Å². The van der Waals surface area contributed by atoms with Gasteiger partial charge in [0.1, 0.15) is 11.1 Å². The van der Waals surface area contributed by atoms with Crippen molar-refractivity contribution in [1.29, 1.82) is 0 Å². The molecular weight excluding hydrogens is 324 g/mol. The van der Waals surface area contributed by atoms with Gasteiger partial charge in [-0.2, -0.15) is 9.78 Å². The molecule has 0 bridgehead atoms. The molecule has 0 saturated carbocycles. The highest BCUT2D eigenvalue weighted by molar-refractivity contribution is 6.30. The first-order valence-electron chi connectivity index (χ1n) is 7.48. The Labute approximate surface area is 142 Å². The number of fused-ring (bicyclic) bond motifs is 1. The van der Waals surface area contributed by atoms with Gasteiger partial charge in [0, 0.05) is 16.7 Å². The van der Waals surface area contributed by atoms with Crippen LogP contribution in [-0.4, -0.2) is 9.78 Å². The summed E-state index contributed by atoms with van der Waals surface area (Å²) in [5, 5.41) is 5.60. The van der Waals surface area contributed by atoms with Crippen LogP contribution in [0.1, 0.15) is 5.69 Å². The summed E-state index contributed by atoms with van der Waals surface area (Å²) in [6, 6.07) is 18.3. The van der Waals surface area contributed by atoms with Crippen molar-refractivity contribution in [3.8, 4) is 17.0 Å². The lowest BCUT2D eigenvalue weighted by Crippen LogP contribution is -2.01. The fraction of sp³-hybridized carbons (Fsp3) is 0.0526. The molecule has 4 nitrogen and oxygen atoms in total. The second-order valence-corrected chi connectivity index (χ2v) is 5.93. The Bertz CT molecular complexity index is 1080. The number of hydrogen-bond donors (Lipinski definition) is 0. The SMILES string of the molecule is Cc1nn(-c2ccccc2)c2oc(-c3ccc(Cl)cc3)cc(=O)c12. The molecule has 0 fully saturated rings. The van der Waals surface area contributed by atoms with Crippen molar-refractivity contribution in [2.75, 3.05) is 0 Å². The Balaban J connectivity index is 2.00. The summed E-state index contributed by atoms with van der Waals surface area (Å²) in [5.41, 5.74) is 2.60. The third-order valence-corrected chi connectivity index (χ3v) is 4.11. The summed E-state index contributed by atoms with van der Waals surface area (Å²) < 4.78 is 7.69. The van der Waals surface area contributed by atoms with Crippen LogP contribution in [0.4, 0.5) is 0 Å². The zero-order valence-corrected chi connectivity index (χ0v) is 13.6. The summed E-state index contributed by atoms with van der Waals surface area (Å²) in [6.07, 6.45) is 0. The number of aromatic nitrogens is 2. The summed E-state index contributed by atoms with van der Waals surface area (Å²) in [5.74, 6) is 0.487. The number of nitrogens with zero attached hydrogens (tertiary/aromatic N) is 2. The van der Waals surface area contributed by atoms with Gasteiger partial charge in [-0.1, -0.05) is 29.8 Å². The first kappa shape index (κ1) is 14.7. The van der Waals surface area contributed by atoms with E-state index >= 15 is 0 Å². The van der Waals surface area contributed by atoms with Gasteiger partial charge in [-0.3, -0.25) is 4.79 Å². The molecule has 0 unspecified atom stereocenters. The zero-order chi connectivity index (χ0) is 16.7. The second-order valence-electron chi connectivity index (χ2n) is 5.49. The Morgan fingerprint density at radius 2 is 1.75 bits per heavy atom. The van der Waals surface area contributed by atoms with Crippen molar-refractivity contribution in [2.24, 2.45) is 0 Å². The summed E-state index contributed by atoms with van der Waals surface area (Å²) in [7, 11) is 0. The van der Waals surface area contributed by atoms with E-state index < -0.39 is 0 Å². The number of para-hydroxylation sites is 1. The van der Waals surface area contributed by atoms with E-state index in [9.17, 15) is 4.79 Å². The van der Waals surface area contributed by atoms with Gasteiger partial charge in [-0.15, -0.1) is 0 Å². The summed E-state index contributed by atoms with van der Waals surface area (Å²) >= 11 is 5.93. The zero-order valence-electron chi connectivity index (χ0n) is 12.9. The maximum atomic E-state index is 12.6. The van der Waals surface area contributed by atoms with Crippen LogP contribution in [0.3, 0.4) is 0 Å². The molecule has 5 heteroatoms. The van der Waals surface area contributed by atoms with Crippen molar-refractivity contribution in [1.82, 2.24) is 9.78 Å². The fourth-order valence-corrected chi connectivity index (χ4v) is 2.84. The lowest BCUT2D eigenvalue weighted by atomic mass is 10.1. The third-order valence-electron chi connectivity index (χ3n) is 3.86. The van der Waals surface area contributed by atoms with E-state index in [2.05, 4.69) is 5.10 Å². The van der Waals surface area contributed by atoms with E-state index in [-0.39, 0.29) is 5.43 Å². The Morgan fingerprint density at radius 3 is 2.46 bits per heavy atom. The molecular formula is C19H13ClN2O2. The monoisotopic (exact) mass is 336 g/mol. The molecule has 0 aliphatic heterocycles. The molecule has 0 amide bonds. The van der Waals surface area contributed by atoms with Crippen LogP contribution in [0.2, 0.25) is 5.02 Å². The van der Waals surface area contributed by atoms with Crippen molar-refractivity contribution in [2.45, 2.75) is 6.92 Å². The lowest BCUT2D eigenvalue weighted by molar-refractivity contribution is 0.587. The Hall–Kier alpha value is -2.85. The van der Waals surface area contributed by atoms with Crippen molar-refractivity contribution < 1.29 is 4.42 Å². The highest BCUT2D eigenvalue weighted by Crippen LogP contribution is 2.26. The average Bonchev–Trinajstić information content (AvgIpc) is 2.93. The van der Waals surface area contributed by atoms with Crippen LogP contribution in [0.5, 0.6) is 0 Å². The maximum absolute atomic E-state index is 12.6. The molecule has 0 N–H and O–H groups in total. The van der Waals surface area contributed by atoms with Gasteiger partial charge < -0.3 is 4.42 Å². The second kappa shape index (κ2) is 5.65. The molecule has 4 rings (SSSR count). The van der Waals surface area contributed by atoms with Crippen LogP contribution in [0.25, 0.3) is 28.1 Å². The first-order valence-corrected chi connectivity index (χ1v) is 7.86. The molecule has 0 saturated heterocycles. The molecule has 0 aliphatic rings. The highest BCUT2D eigenvalue weighted by atomic mass is 35.5. The normalized spacial score (nSPS) is 11.1. The molecule has 0 radical (unpaired) electrons. The van der Waals surface area contributed by atoms with E-state index in [4.69, 9.17) is 16.0 Å². The van der Waals surface area contributed by atoms with E-state index in [1.54, 1.807) is 23.7 Å². The van der Waals surface area contributed by atoms with Crippen molar-refractivity contribution in [3.05, 3.63) is 81.6 Å². The number of aryl methyl sites for hydroxylation is 1. The average molecular weight is 337 g/mol. The van der Waals surface area contributed by atoms with E-state index in [0.717, 1.165) is 11.3 Å². The van der Waals surface area contributed by atoms with E-state index in [0.29, 0.717) is 27.6 Å². The number of rotatable bonds is 2. The summed E-state index contributed by atoms with van der Waals surface area (Å²) in [4.78, 5) is 12.6. The predicted octanol–water partition coefficient (Wildman–Crippen LogP) is 4.61. The van der Waals surface area contributed by atoms with Crippen molar-refractivity contribution in [3.63, 3.8) is 0 Å². The minimum absolute atomic E-state index is 0.110. The summed E-state index contributed by atoms with van der Waals surface area (Å²) in [6.45, 7) is 1.81. The molecule has 0 spiro atoms. The Kier molecular flexibility index (Phi) is 3.47. The first-order chi connectivity index (χ1) is 11.6. The molecule has 0 atom stereocenters. The largest absolute Gasteiger partial charge is 0.437 e. The van der Waals surface area contributed by atoms with Crippen LogP contribution >= 0.6 is 11.6 Å². The van der Waals surface area contributed by atoms with Crippen molar-refractivity contribution >= 4 is 22.7 Å². The molecule has 118 valence electrons. The van der Waals surface area contributed by atoms with Gasteiger partial charge in [0.05, 0.1) is 11.4 Å². The minimum atomic E-state index is -0.110. The van der Waals surface area contributed by atoms with Crippen LogP contribution in [-0.2, 0) is 0 Å². The minimum Gasteiger partial charge on any atom is -0.437 e. The molecule has 0 aliphatic carbocycles. The number of halogens is 1. The number of benzene rings is 2. The van der Waals surface area contributed by atoms with Gasteiger partial charge in [0.15, 0.2) is 5.43 Å². The smallest absolute Gasteiger partial charge is 0.234 e. The third kappa shape index (κ3) is 2.41. The van der Waals surface area contributed by atoms with E-state index in [1.807, 2.05) is 42.5 Å². The lowest BCUT2D eigenvalue weighted by Gasteiger charge is -2.04. The fourth-order valence-electron chi connectivity index (χ4n) is 2.71. The van der Waals surface area contributed by atoms with E-state index in [1.165, 1.54) is 6.07 Å². The standard InChI is InChI=1S/C19H13ClN2O2/c1-12-18-16(23)11-17(13-7-9-14(20)10-8-13)24-19(18)22(21-12)15-5-3-2-4-6-15/h2-11H,1H3. The molecule has 2 heterocycles. The molecule has 2 aromatic heterocycles. The molecule has 24 heavy (non-hydrogen) atoms. The number of hydrogen-bond acceptors (Lipinski definition) is 3. The van der Waals surface area contributed by atoms with Gasteiger partial charge in [0.25, 0.3) is 0 Å². The topological polar surface area (TPSA) is 48.0 Å². The van der Waals surface area contributed by atoms with Crippen LogP contribution in [0.15, 0.2) is 69.9 Å². The Morgan fingerprint density at radius 1 is 1.04 bits per heavy atom. The van der Waals surface area contributed by atoms with Gasteiger partial charge in [0.2, 0.25) is 5.71 Å². The predicted molar refractivity (Wildman–Crippen MR) is 94.8 cm³/mol. The highest BCUT2D eigenvalue weighted by Gasteiger charge is 2.16. The molecule has 4 aromatic rings. The van der Waals surface area contributed by atoms with Crippen LogP contribution in [0, 0.1) is 6.92 Å². The maximum Gasteiger partial charge on any atom is 0.234 e. The molecule has 2 aromatic carbocycles. The quantitative estimate of drug-likeness (QED) is 0.537. The van der Waals surface area contributed by atoms with Gasteiger partial charge in [-0.05, 0) is 43.3 Å².